The molecule has 0 radical (unpaired) electrons. The molecule has 6 nitrogen and oxygen atoms in total. The van der Waals surface area contributed by atoms with Gasteiger partial charge in [0, 0.05) is 25.2 Å². The number of morpholine rings is 1. The third kappa shape index (κ3) is 6.28. The van der Waals surface area contributed by atoms with Crippen molar-refractivity contribution in [2.24, 2.45) is 0 Å². The molecule has 1 saturated heterocycles. The molecular formula is C27H29N3O3. The zero-order chi connectivity index (χ0) is 22.9. The first-order chi connectivity index (χ1) is 16.2. The molecule has 4 rings (SSSR count). The van der Waals surface area contributed by atoms with Crippen LogP contribution in [0.3, 0.4) is 0 Å². The highest BCUT2D eigenvalue weighted by Crippen LogP contribution is 2.21. The Morgan fingerprint density at radius 3 is 2.21 bits per heavy atom. The number of anilines is 1. The van der Waals surface area contributed by atoms with Gasteiger partial charge in [0.25, 0.3) is 11.8 Å². The normalized spacial score (nSPS) is 13.9. The molecule has 33 heavy (non-hydrogen) atoms. The molecule has 0 unspecified atom stereocenters. The van der Waals surface area contributed by atoms with Crippen LogP contribution in [0.4, 0.5) is 5.69 Å². The van der Waals surface area contributed by atoms with Gasteiger partial charge in [0.2, 0.25) is 0 Å². The van der Waals surface area contributed by atoms with Crippen LogP contribution in [0.25, 0.3) is 11.1 Å². The molecule has 0 spiro atoms. The Labute approximate surface area is 194 Å². The maximum atomic E-state index is 12.8. The first-order valence-corrected chi connectivity index (χ1v) is 11.3. The fourth-order valence-corrected chi connectivity index (χ4v) is 3.85. The fourth-order valence-electron chi connectivity index (χ4n) is 3.85. The van der Waals surface area contributed by atoms with Crippen LogP contribution in [0.5, 0.6) is 0 Å². The lowest BCUT2D eigenvalue weighted by atomic mass is 10.0. The summed E-state index contributed by atoms with van der Waals surface area (Å²) < 4.78 is 5.36. The molecular weight excluding hydrogens is 414 g/mol. The van der Waals surface area contributed by atoms with E-state index < -0.39 is 0 Å². The summed E-state index contributed by atoms with van der Waals surface area (Å²) in [5.41, 5.74) is 3.64. The van der Waals surface area contributed by atoms with Crippen LogP contribution in [-0.2, 0) is 4.74 Å². The van der Waals surface area contributed by atoms with E-state index in [0.717, 1.165) is 50.4 Å². The van der Waals surface area contributed by atoms with Crippen LogP contribution in [-0.4, -0.2) is 56.1 Å². The van der Waals surface area contributed by atoms with Crippen LogP contribution in [0.2, 0.25) is 0 Å². The summed E-state index contributed by atoms with van der Waals surface area (Å²) in [5, 5.41) is 5.86. The van der Waals surface area contributed by atoms with Gasteiger partial charge in [0.1, 0.15) is 0 Å². The number of hydrogen-bond donors (Lipinski definition) is 2. The van der Waals surface area contributed by atoms with E-state index in [1.807, 2.05) is 48.5 Å². The number of benzene rings is 3. The van der Waals surface area contributed by atoms with E-state index >= 15 is 0 Å². The molecule has 170 valence electrons. The Morgan fingerprint density at radius 2 is 1.45 bits per heavy atom. The first kappa shape index (κ1) is 22.7. The van der Waals surface area contributed by atoms with Gasteiger partial charge in [-0.1, -0.05) is 54.6 Å². The smallest absolute Gasteiger partial charge is 0.255 e. The van der Waals surface area contributed by atoms with Crippen LogP contribution < -0.4 is 10.6 Å². The Hall–Kier alpha value is -3.48. The molecule has 0 aliphatic carbocycles. The van der Waals surface area contributed by atoms with Crippen molar-refractivity contribution >= 4 is 17.5 Å². The average Bonchev–Trinajstić information content (AvgIpc) is 2.88. The van der Waals surface area contributed by atoms with Crippen LogP contribution in [0, 0.1) is 0 Å². The van der Waals surface area contributed by atoms with Crippen molar-refractivity contribution < 1.29 is 14.3 Å². The molecule has 0 bridgehead atoms. The highest BCUT2D eigenvalue weighted by atomic mass is 16.5. The molecule has 2 amide bonds. The number of hydrogen-bond acceptors (Lipinski definition) is 4. The number of nitrogens with zero attached hydrogens (tertiary/aromatic N) is 1. The minimum atomic E-state index is -0.248. The molecule has 3 aromatic carbocycles. The number of carbonyl (C=O) groups excluding carboxylic acids is 2. The molecule has 3 aromatic rings. The number of rotatable bonds is 8. The van der Waals surface area contributed by atoms with Gasteiger partial charge in [-0.15, -0.1) is 0 Å². The van der Waals surface area contributed by atoms with E-state index in [1.165, 1.54) is 0 Å². The van der Waals surface area contributed by atoms with Crippen LogP contribution in [0.1, 0.15) is 27.1 Å². The maximum absolute atomic E-state index is 12.8. The SMILES string of the molecule is O=C(Nc1ccccc1C(=O)NCCCN1CCOCC1)c1ccc(-c2ccccc2)cc1. The second-order valence-electron chi connectivity index (χ2n) is 8.01. The third-order valence-corrected chi connectivity index (χ3v) is 5.71. The first-order valence-electron chi connectivity index (χ1n) is 11.3. The van der Waals surface area contributed by atoms with E-state index in [-0.39, 0.29) is 11.8 Å². The van der Waals surface area contributed by atoms with E-state index in [4.69, 9.17) is 4.74 Å². The second-order valence-corrected chi connectivity index (χ2v) is 8.01. The van der Waals surface area contributed by atoms with Crippen molar-refractivity contribution in [3.63, 3.8) is 0 Å². The number of amides is 2. The van der Waals surface area contributed by atoms with Crippen molar-refractivity contribution in [2.45, 2.75) is 6.42 Å². The van der Waals surface area contributed by atoms with Crippen LogP contribution >= 0.6 is 0 Å². The molecule has 1 aliphatic rings. The molecule has 1 fully saturated rings. The van der Waals surface area contributed by atoms with Crippen LogP contribution in [0.15, 0.2) is 78.9 Å². The standard InChI is InChI=1S/C27H29N3O3/c31-26(23-13-11-22(12-14-23)21-7-2-1-3-8-21)29-25-10-5-4-9-24(25)27(32)28-15-6-16-30-17-19-33-20-18-30/h1-5,7-14H,6,15-20H2,(H,28,32)(H,29,31). The predicted molar refractivity (Wildman–Crippen MR) is 130 cm³/mol. The molecule has 1 heterocycles. The number of para-hydroxylation sites is 1. The zero-order valence-electron chi connectivity index (χ0n) is 18.6. The Balaban J connectivity index is 1.33. The van der Waals surface area contributed by atoms with E-state index in [2.05, 4.69) is 15.5 Å². The van der Waals surface area contributed by atoms with Gasteiger partial charge in [-0.05, 0) is 48.4 Å². The summed E-state index contributed by atoms with van der Waals surface area (Å²) in [4.78, 5) is 27.9. The van der Waals surface area contributed by atoms with E-state index in [0.29, 0.717) is 23.4 Å². The number of ether oxygens (including phenoxy) is 1. The maximum Gasteiger partial charge on any atom is 0.255 e. The van der Waals surface area contributed by atoms with Crippen molar-refractivity contribution in [1.82, 2.24) is 10.2 Å². The van der Waals surface area contributed by atoms with Gasteiger partial charge < -0.3 is 15.4 Å². The number of nitrogens with one attached hydrogen (secondary N) is 2. The highest BCUT2D eigenvalue weighted by Gasteiger charge is 2.15. The average molecular weight is 444 g/mol. The third-order valence-electron chi connectivity index (χ3n) is 5.71. The Morgan fingerprint density at radius 1 is 0.788 bits per heavy atom. The Bertz CT molecular complexity index is 1060. The van der Waals surface area contributed by atoms with Gasteiger partial charge >= 0.3 is 0 Å². The van der Waals surface area contributed by atoms with E-state index in [1.54, 1.807) is 30.3 Å². The lowest BCUT2D eigenvalue weighted by Crippen LogP contribution is -2.38. The van der Waals surface area contributed by atoms with Gasteiger partial charge in [-0.25, -0.2) is 0 Å². The summed E-state index contributed by atoms with van der Waals surface area (Å²) in [6, 6.07) is 24.5. The summed E-state index contributed by atoms with van der Waals surface area (Å²) in [7, 11) is 0. The highest BCUT2D eigenvalue weighted by molar-refractivity contribution is 6.09. The van der Waals surface area contributed by atoms with E-state index in [9.17, 15) is 9.59 Å². The van der Waals surface area contributed by atoms with Crippen molar-refractivity contribution in [3.8, 4) is 11.1 Å². The lowest BCUT2D eigenvalue weighted by Gasteiger charge is -2.26. The lowest BCUT2D eigenvalue weighted by molar-refractivity contribution is 0.0374. The predicted octanol–water partition coefficient (Wildman–Crippen LogP) is 4.06. The minimum Gasteiger partial charge on any atom is -0.379 e. The number of carbonyl (C=O) groups is 2. The molecule has 0 aromatic heterocycles. The summed E-state index contributed by atoms with van der Waals surface area (Å²) >= 11 is 0. The molecule has 0 atom stereocenters. The van der Waals surface area contributed by atoms with Gasteiger partial charge in [0.05, 0.1) is 24.5 Å². The molecule has 1 aliphatic heterocycles. The fraction of sp³-hybridized carbons (Fsp3) is 0.259. The topological polar surface area (TPSA) is 70.7 Å². The molecule has 6 heteroatoms. The second kappa shape index (κ2) is 11.4. The summed E-state index contributed by atoms with van der Waals surface area (Å²) in [6.07, 6.45) is 0.869. The molecule has 2 N–H and O–H groups in total. The summed E-state index contributed by atoms with van der Waals surface area (Å²) in [5.74, 6) is -0.436. The van der Waals surface area contributed by atoms with Gasteiger partial charge in [-0.3, -0.25) is 14.5 Å². The molecule has 0 saturated carbocycles. The monoisotopic (exact) mass is 443 g/mol. The van der Waals surface area contributed by atoms with Crippen molar-refractivity contribution in [3.05, 3.63) is 90.0 Å². The quantitative estimate of drug-likeness (QED) is 0.515. The largest absolute Gasteiger partial charge is 0.379 e. The van der Waals surface area contributed by atoms with Gasteiger partial charge in [-0.2, -0.15) is 0 Å². The Kier molecular flexibility index (Phi) is 7.85. The zero-order valence-corrected chi connectivity index (χ0v) is 18.6. The van der Waals surface area contributed by atoms with Crippen molar-refractivity contribution in [1.29, 1.82) is 0 Å². The van der Waals surface area contributed by atoms with Gasteiger partial charge in [0.15, 0.2) is 0 Å². The summed E-state index contributed by atoms with van der Waals surface area (Å²) in [6.45, 7) is 4.94. The minimum absolute atomic E-state index is 0.188. The van der Waals surface area contributed by atoms with Crippen molar-refractivity contribution in [2.75, 3.05) is 44.7 Å².